The van der Waals surface area contributed by atoms with Gasteiger partial charge in [-0.05, 0) is 0 Å². The highest BCUT2D eigenvalue weighted by Crippen LogP contribution is 2.19. The highest BCUT2D eigenvalue weighted by atomic mass is 16.3. The lowest BCUT2D eigenvalue weighted by molar-refractivity contribution is -0.1000. The molecule has 1 atom stereocenters. The zero-order chi connectivity index (χ0) is 8.91. The van der Waals surface area contributed by atoms with Crippen molar-refractivity contribution in [3.63, 3.8) is 0 Å². The molecule has 0 aliphatic rings. The standard InChI is InChI=1S/C6H14O5/c7-1-5(11)6(2-8,3-9)4-10/h5,7-11H,1-4H2. The van der Waals surface area contributed by atoms with Crippen molar-refractivity contribution in [2.24, 2.45) is 5.41 Å². The molecule has 0 radical (unpaired) electrons. The molecular weight excluding hydrogens is 152 g/mol. The van der Waals surface area contributed by atoms with Crippen LogP contribution in [-0.4, -0.2) is 58.1 Å². The van der Waals surface area contributed by atoms with Crippen LogP contribution in [0.5, 0.6) is 0 Å². The third-order valence-corrected chi connectivity index (χ3v) is 1.82. The molecule has 0 amide bonds. The molecule has 11 heavy (non-hydrogen) atoms. The highest BCUT2D eigenvalue weighted by Gasteiger charge is 2.35. The van der Waals surface area contributed by atoms with Crippen LogP contribution in [0.2, 0.25) is 0 Å². The molecule has 0 aromatic heterocycles. The lowest BCUT2D eigenvalue weighted by Gasteiger charge is -2.31. The summed E-state index contributed by atoms with van der Waals surface area (Å²) in [5, 5.41) is 43.6. The number of hydrogen-bond acceptors (Lipinski definition) is 5. The molecular formula is C6H14O5. The average Bonchev–Trinajstić information content (AvgIpc) is 2.08. The molecule has 0 aliphatic carbocycles. The summed E-state index contributed by atoms with van der Waals surface area (Å²) in [6.45, 7) is -2.30. The first-order chi connectivity index (χ1) is 5.16. The van der Waals surface area contributed by atoms with Crippen LogP contribution >= 0.6 is 0 Å². The Morgan fingerprint density at radius 1 is 0.909 bits per heavy atom. The van der Waals surface area contributed by atoms with Crippen LogP contribution in [0.3, 0.4) is 0 Å². The second-order valence-corrected chi connectivity index (χ2v) is 2.54. The van der Waals surface area contributed by atoms with Gasteiger partial charge < -0.3 is 25.5 Å². The molecule has 0 heterocycles. The molecule has 5 nitrogen and oxygen atoms in total. The maximum Gasteiger partial charge on any atom is 0.0893 e. The van der Waals surface area contributed by atoms with Gasteiger partial charge in [0.15, 0.2) is 0 Å². The Morgan fingerprint density at radius 3 is 1.36 bits per heavy atom. The minimum Gasteiger partial charge on any atom is -0.396 e. The van der Waals surface area contributed by atoms with Crippen molar-refractivity contribution in [1.82, 2.24) is 0 Å². The lowest BCUT2D eigenvalue weighted by atomic mass is 9.85. The molecule has 0 rings (SSSR count). The van der Waals surface area contributed by atoms with Crippen molar-refractivity contribution < 1.29 is 25.5 Å². The maximum absolute atomic E-state index is 9.04. The Hall–Kier alpha value is -0.200. The van der Waals surface area contributed by atoms with E-state index in [2.05, 4.69) is 0 Å². The number of hydrogen-bond donors (Lipinski definition) is 5. The first-order valence-electron chi connectivity index (χ1n) is 3.28. The molecule has 0 saturated carbocycles. The van der Waals surface area contributed by atoms with Gasteiger partial charge in [0, 0.05) is 0 Å². The van der Waals surface area contributed by atoms with Crippen LogP contribution in [0.15, 0.2) is 0 Å². The fourth-order valence-electron chi connectivity index (χ4n) is 0.660. The van der Waals surface area contributed by atoms with Gasteiger partial charge in [0.05, 0.1) is 37.9 Å². The molecule has 0 spiro atoms. The van der Waals surface area contributed by atoms with Gasteiger partial charge in [0.2, 0.25) is 0 Å². The second kappa shape index (κ2) is 4.63. The summed E-state index contributed by atoms with van der Waals surface area (Å²) in [7, 11) is 0. The molecule has 0 bridgehead atoms. The van der Waals surface area contributed by atoms with E-state index in [0.717, 1.165) is 0 Å². The van der Waals surface area contributed by atoms with E-state index in [1.165, 1.54) is 0 Å². The first kappa shape index (κ1) is 10.8. The van der Waals surface area contributed by atoms with E-state index in [1.807, 2.05) is 0 Å². The summed E-state index contributed by atoms with van der Waals surface area (Å²) < 4.78 is 0. The van der Waals surface area contributed by atoms with E-state index in [0.29, 0.717) is 0 Å². The van der Waals surface area contributed by atoms with Gasteiger partial charge in [-0.15, -0.1) is 0 Å². The van der Waals surface area contributed by atoms with E-state index >= 15 is 0 Å². The largest absolute Gasteiger partial charge is 0.396 e. The summed E-state index contributed by atoms with van der Waals surface area (Å²) in [6, 6.07) is 0. The molecule has 0 aromatic carbocycles. The molecule has 68 valence electrons. The predicted octanol–water partition coefficient (Wildman–Crippen LogP) is -2.70. The highest BCUT2D eigenvalue weighted by molar-refractivity contribution is 4.84. The smallest absolute Gasteiger partial charge is 0.0893 e. The molecule has 5 heteroatoms. The van der Waals surface area contributed by atoms with Gasteiger partial charge in [-0.2, -0.15) is 0 Å². The van der Waals surface area contributed by atoms with Crippen LogP contribution in [0.4, 0.5) is 0 Å². The van der Waals surface area contributed by atoms with E-state index in [-0.39, 0.29) is 0 Å². The number of aliphatic hydroxyl groups is 5. The maximum atomic E-state index is 9.04. The SMILES string of the molecule is OCC(O)C(CO)(CO)CO. The van der Waals surface area contributed by atoms with E-state index in [1.54, 1.807) is 0 Å². The average molecular weight is 166 g/mol. The van der Waals surface area contributed by atoms with Gasteiger partial charge in [-0.25, -0.2) is 0 Å². The van der Waals surface area contributed by atoms with E-state index < -0.39 is 37.9 Å². The van der Waals surface area contributed by atoms with E-state index in [9.17, 15) is 0 Å². The van der Waals surface area contributed by atoms with Gasteiger partial charge in [-0.1, -0.05) is 0 Å². The third-order valence-electron chi connectivity index (χ3n) is 1.82. The quantitative estimate of drug-likeness (QED) is 0.306. The van der Waals surface area contributed by atoms with Crippen LogP contribution in [0.25, 0.3) is 0 Å². The Labute approximate surface area is 64.5 Å². The summed E-state index contributed by atoms with van der Waals surface area (Å²) in [5.74, 6) is 0. The van der Waals surface area contributed by atoms with Gasteiger partial charge in [0.25, 0.3) is 0 Å². The van der Waals surface area contributed by atoms with Crippen molar-refractivity contribution >= 4 is 0 Å². The van der Waals surface area contributed by atoms with Crippen molar-refractivity contribution in [2.75, 3.05) is 26.4 Å². The Morgan fingerprint density at radius 2 is 1.27 bits per heavy atom. The van der Waals surface area contributed by atoms with Crippen molar-refractivity contribution in [2.45, 2.75) is 6.10 Å². The Bertz CT molecular complexity index is 92.9. The Kier molecular flexibility index (Phi) is 4.55. The molecule has 0 aromatic rings. The Balaban J connectivity index is 4.26. The van der Waals surface area contributed by atoms with Crippen molar-refractivity contribution in [1.29, 1.82) is 0 Å². The van der Waals surface area contributed by atoms with Crippen LogP contribution in [0, 0.1) is 5.41 Å². The number of rotatable bonds is 5. The summed E-state index contributed by atoms with van der Waals surface area (Å²) in [6.07, 6.45) is -1.30. The fourth-order valence-corrected chi connectivity index (χ4v) is 0.660. The minimum absolute atomic E-state index is 0.568. The second-order valence-electron chi connectivity index (χ2n) is 2.54. The first-order valence-corrected chi connectivity index (χ1v) is 3.28. The molecule has 0 aliphatic heterocycles. The lowest BCUT2D eigenvalue weighted by Crippen LogP contribution is -2.46. The van der Waals surface area contributed by atoms with Crippen molar-refractivity contribution in [3.05, 3.63) is 0 Å². The summed E-state index contributed by atoms with van der Waals surface area (Å²) in [5.41, 5.74) is -1.39. The predicted molar refractivity (Wildman–Crippen MR) is 36.8 cm³/mol. The number of aliphatic hydroxyl groups excluding tert-OH is 5. The molecule has 0 saturated heterocycles. The minimum atomic E-state index is -1.39. The van der Waals surface area contributed by atoms with E-state index in [4.69, 9.17) is 25.5 Å². The zero-order valence-corrected chi connectivity index (χ0v) is 6.14. The van der Waals surface area contributed by atoms with Gasteiger partial charge in [-0.3, -0.25) is 0 Å². The van der Waals surface area contributed by atoms with Crippen LogP contribution in [-0.2, 0) is 0 Å². The third kappa shape index (κ3) is 2.11. The monoisotopic (exact) mass is 166 g/mol. The summed E-state index contributed by atoms with van der Waals surface area (Å²) >= 11 is 0. The molecule has 0 fully saturated rings. The summed E-state index contributed by atoms with van der Waals surface area (Å²) in [4.78, 5) is 0. The zero-order valence-electron chi connectivity index (χ0n) is 6.14. The van der Waals surface area contributed by atoms with Crippen LogP contribution < -0.4 is 0 Å². The van der Waals surface area contributed by atoms with Gasteiger partial charge in [0.1, 0.15) is 0 Å². The molecule has 1 unspecified atom stereocenters. The van der Waals surface area contributed by atoms with Crippen LogP contribution in [0.1, 0.15) is 0 Å². The topological polar surface area (TPSA) is 101 Å². The molecule has 5 N–H and O–H groups in total. The van der Waals surface area contributed by atoms with Crippen molar-refractivity contribution in [3.8, 4) is 0 Å². The fraction of sp³-hybridized carbons (Fsp3) is 1.00. The normalized spacial score (nSPS) is 15.0. The van der Waals surface area contributed by atoms with Gasteiger partial charge >= 0.3 is 0 Å².